The Hall–Kier alpha value is -2.74. The van der Waals surface area contributed by atoms with Gasteiger partial charge in [-0.1, -0.05) is 0 Å². The maximum absolute atomic E-state index is 12.8. The van der Waals surface area contributed by atoms with Gasteiger partial charge >= 0.3 is 0 Å². The number of hydrogen-bond donors (Lipinski definition) is 1. The van der Waals surface area contributed by atoms with E-state index in [0.29, 0.717) is 25.5 Å². The summed E-state index contributed by atoms with van der Waals surface area (Å²) >= 11 is 0. The summed E-state index contributed by atoms with van der Waals surface area (Å²) in [6.07, 6.45) is 1.45. The molecule has 1 heterocycles. The van der Waals surface area contributed by atoms with Crippen LogP contribution in [0.4, 0.5) is 4.39 Å². The molecule has 0 aliphatic carbocycles. The summed E-state index contributed by atoms with van der Waals surface area (Å²) in [7, 11) is 1.53. The average Bonchev–Trinajstić information content (AvgIpc) is 2.65. The van der Waals surface area contributed by atoms with Gasteiger partial charge in [-0.3, -0.25) is 9.59 Å². The van der Waals surface area contributed by atoms with E-state index in [9.17, 15) is 14.0 Å². The minimum atomic E-state index is -0.337. The smallest absolute Gasteiger partial charge is 0.271 e. The maximum atomic E-state index is 12.8. The van der Waals surface area contributed by atoms with Crippen LogP contribution < -0.4 is 15.6 Å². The molecule has 8 heteroatoms. The topological polar surface area (TPSA) is 82.5 Å². The molecular formula is C18H22FN3O4. The zero-order valence-electron chi connectivity index (χ0n) is 14.6. The number of unbranched alkanes of at least 4 members (excludes halogenated alkanes) is 1. The SMILES string of the molecule is COCCn1nc(C(=O)NCCCCOc2ccc(F)cc2)ccc1=O. The highest BCUT2D eigenvalue weighted by Gasteiger charge is 2.09. The highest BCUT2D eigenvalue weighted by atomic mass is 19.1. The fourth-order valence-electron chi connectivity index (χ4n) is 2.15. The second-order valence-electron chi connectivity index (χ2n) is 5.54. The number of aromatic nitrogens is 2. The molecule has 2 aromatic rings. The van der Waals surface area contributed by atoms with Crippen molar-refractivity contribution >= 4 is 5.91 Å². The molecule has 1 aromatic heterocycles. The first kappa shape index (κ1) is 19.6. The molecule has 0 saturated heterocycles. The largest absolute Gasteiger partial charge is 0.494 e. The number of benzene rings is 1. The fraction of sp³-hybridized carbons (Fsp3) is 0.389. The summed E-state index contributed by atoms with van der Waals surface area (Å²) in [6.45, 7) is 1.56. The van der Waals surface area contributed by atoms with Gasteiger partial charge in [0.1, 0.15) is 17.3 Å². The van der Waals surface area contributed by atoms with Crippen molar-refractivity contribution in [3.05, 3.63) is 58.3 Å². The molecule has 1 aromatic carbocycles. The average molecular weight is 363 g/mol. The van der Waals surface area contributed by atoms with Crippen LogP contribution in [0.1, 0.15) is 23.3 Å². The number of hydrogen-bond acceptors (Lipinski definition) is 5. The Balaban J connectivity index is 1.70. The first-order valence-electron chi connectivity index (χ1n) is 8.34. The van der Waals surface area contributed by atoms with Crippen molar-refractivity contribution in [1.82, 2.24) is 15.1 Å². The van der Waals surface area contributed by atoms with Gasteiger partial charge in [0.2, 0.25) is 0 Å². The third-order valence-electron chi connectivity index (χ3n) is 3.55. The zero-order chi connectivity index (χ0) is 18.8. The summed E-state index contributed by atoms with van der Waals surface area (Å²) < 4.78 is 24.4. The summed E-state index contributed by atoms with van der Waals surface area (Å²) in [6, 6.07) is 8.54. The van der Waals surface area contributed by atoms with Gasteiger partial charge in [-0.15, -0.1) is 0 Å². The quantitative estimate of drug-likeness (QED) is 0.649. The van der Waals surface area contributed by atoms with Crippen molar-refractivity contribution < 1.29 is 18.7 Å². The lowest BCUT2D eigenvalue weighted by atomic mass is 10.3. The van der Waals surface area contributed by atoms with Crippen LogP contribution in [0.25, 0.3) is 0 Å². The van der Waals surface area contributed by atoms with Crippen molar-refractivity contribution in [1.29, 1.82) is 0 Å². The molecule has 0 radical (unpaired) electrons. The summed E-state index contributed by atoms with van der Waals surface area (Å²) in [5.74, 6) is -0.0317. The molecule has 0 aliphatic rings. The number of halogens is 1. The number of carbonyl (C=O) groups excluding carboxylic acids is 1. The second kappa shape index (κ2) is 10.3. The fourth-order valence-corrected chi connectivity index (χ4v) is 2.15. The van der Waals surface area contributed by atoms with Crippen molar-refractivity contribution in [2.75, 3.05) is 26.9 Å². The predicted octanol–water partition coefficient (Wildman–Crippen LogP) is 1.62. The molecular weight excluding hydrogens is 341 g/mol. The number of nitrogens with zero attached hydrogens (tertiary/aromatic N) is 2. The molecule has 0 saturated carbocycles. The normalized spacial score (nSPS) is 10.5. The molecule has 0 fully saturated rings. The highest BCUT2D eigenvalue weighted by molar-refractivity contribution is 5.91. The summed E-state index contributed by atoms with van der Waals surface area (Å²) in [5.41, 5.74) is -0.0974. The van der Waals surface area contributed by atoms with E-state index < -0.39 is 0 Å². The van der Waals surface area contributed by atoms with Gasteiger partial charge in [0.15, 0.2) is 0 Å². The Bertz CT molecular complexity index is 762. The lowest BCUT2D eigenvalue weighted by molar-refractivity contribution is 0.0943. The Morgan fingerprint density at radius 2 is 1.92 bits per heavy atom. The van der Waals surface area contributed by atoms with Gasteiger partial charge < -0.3 is 14.8 Å². The Kier molecular flexibility index (Phi) is 7.75. The minimum Gasteiger partial charge on any atom is -0.494 e. The van der Waals surface area contributed by atoms with Gasteiger partial charge in [-0.05, 0) is 43.2 Å². The predicted molar refractivity (Wildman–Crippen MR) is 93.8 cm³/mol. The Morgan fingerprint density at radius 1 is 1.15 bits per heavy atom. The van der Waals surface area contributed by atoms with Crippen LogP contribution in [0.15, 0.2) is 41.2 Å². The number of ether oxygens (including phenoxy) is 2. The van der Waals surface area contributed by atoms with Gasteiger partial charge in [0.25, 0.3) is 11.5 Å². The van der Waals surface area contributed by atoms with Crippen LogP contribution in [-0.2, 0) is 11.3 Å². The third kappa shape index (κ3) is 6.29. The summed E-state index contributed by atoms with van der Waals surface area (Å²) in [5, 5.41) is 6.78. The van der Waals surface area contributed by atoms with E-state index in [1.54, 1.807) is 12.1 Å². The van der Waals surface area contributed by atoms with Crippen LogP contribution in [-0.4, -0.2) is 42.6 Å². The lowest BCUT2D eigenvalue weighted by Crippen LogP contribution is -2.31. The molecule has 26 heavy (non-hydrogen) atoms. The van der Waals surface area contributed by atoms with Crippen molar-refractivity contribution in [3.63, 3.8) is 0 Å². The molecule has 0 aliphatic heterocycles. The second-order valence-corrected chi connectivity index (χ2v) is 5.54. The first-order chi connectivity index (χ1) is 12.6. The molecule has 7 nitrogen and oxygen atoms in total. The van der Waals surface area contributed by atoms with Crippen molar-refractivity contribution in [3.8, 4) is 5.75 Å². The van der Waals surface area contributed by atoms with E-state index in [1.807, 2.05) is 0 Å². The van der Waals surface area contributed by atoms with Gasteiger partial charge in [0.05, 0.1) is 19.8 Å². The van der Waals surface area contributed by atoms with Crippen LogP contribution in [0.3, 0.4) is 0 Å². The van der Waals surface area contributed by atoms with Crippen LogP contribution in [0.5, 0.6) is 5.75 Å². The van der Waals surface area contributed by atoms with E-state index in [4.69, 9.17) is 9.47 Å². The maximum Gasteiger partial charge on any atom is 0.271 e. The summed E-state index contributed by atoms with van der Waals surface area (Å²) in [4.78, 5) is 23.7. The first-order valence-corrected chi connectivity index (χ1v) is 8.34. The van der Waals surface area contributed by atoms with Gasteiger partial charge in [-0.2, -0.15) is 5.10 Å². The standard InChI is InChI=1S/C18H22FN3O4/c1-25-13-11-22-17(23)9-8-16(21-22)18(24)20-10-2-3-12-26-15-6-4-14(19)5-7-15/h4-9H,2-3,10-13H2,1H3,(H,20,24). The number of amides is 1. The Morgan fingerprint density at radius 3 is 2.65 bits per heavy atom. The zero-order valence-corrected chi connectivity index (χ0v) is 14.6. The van der Waals surface area contributed by atoms with Gasteiger partial charge in [0, 0.05) is 19.7 Å². The van der Waals surface area contributed by atoms with Crippen LogP contribution >= 0.6 is 0 Å². The number of rotatable bonds is 10. The molecule has 0 spiro atoms. The molecule has 0 atom stereocenters. The Labute approximate surface area is 150 Å². The molecule has 0 bridgehead atoms. The lowest BCUT2D eigenvalue weighted by Gasteiger charge is -2.08. The molecule has 2 rings (SSSR count). The third-order valence-corrected chi connectivity index (χ3v) is 3.55. The molecule has 0 unspecified atom stereocenters. The highest BCUT2D eigenvalue weighted by Crippen LogP contribution is 2.11. The van der Waals surface area contributed by atoms with Gasteiger partial charge in [-0.25, -0.2) is 9.07 Å². The number of methoxy groups -OCH3 is 1. The number of nitrogens with one attached hydrogen (secondary N) is 1. The van der Waals surface area contributed by atoms with E-state index in [0.717, 1.165) is 12.8 Å². The van der Waals surface area contributed by atoms with Crippen LogP contribution in [0, 0.1) is 5.82 Å². The van der Waals surface area contributed by atoms with Crippen LogP contribution in [0.2, 0.25) is 0 Å². The molecule has 1 N–H and O–H groups in total. The molecule has 140 valence electrons. The molecule has 1 amide bonds. The van der Waals surface area contributed by atoms with Crippen molar-refractivity contribution in [2.45, 2.75) is 19.4 Å². The van der Waals surface area contributed by atoms with E-state index in [-0.39, 0.29) is 29.5 Å². The van der Waals surface area contributed by atoms with Crippen molar-refractivity contribution in [2.24, 2.45) is 0 Å². The van der Waals surface area contributed by atoms with E-state index >= 15 is 0 Å². The van der Waals surface area contributed by atoms with E-state index in [1.165, 1.54) is 36.1 Å². The monoisotopic (exact) mass is 363 g/mol. The number of carbonyl (C=O) groups is 1. The van der Waals surface area contributed by atoms with E-state index in [2.05, 4.69) is 10.4 Å². The minimum absolute atomic E-state index is 0.184.